The molecule has 6 nitrogen and oxygen atoms in total. The Hall–Kier alpha value is -2.24. The van der Waals surface area contributed by atoms with E-state index in [1.807, 2.05) is 12.3 Å². The van der Waals surface area contributed by atoms with Crippen LogP contribution in [0.25, 0.3) is 11.0 Å². The minimum absolute atomic E-state index is 0.175. The van der Waals surface area contributed by atoms with Crippen molar-refractivity contribution in [2.75, 3.05) is 20.7 Å². The van der Waals surface area contributed by atoms with Gasteiger partial charge in [0.1, 0.15) is 11.4 Å². The Morgan fingerprint density at radius 3 is 3.11 bits per heavy atom. The number of carbonyl (C=O) groups is 1. The molecular weight excluding hydrogens is 232 g/mol. The van der Waals surface area contributed by atoms with Crippen LogP contribution >= 0.6 is 0 Å². The van der Waals surface area contributed by atoms with E-state index in [0.29, 0.717) is 6.54 Å². The van der Waals surface area contributed by atoms with Crippen LogP contribution in [0.2, 0.25) is 0 Å². The first kappa shape index (κ1) is 12.2. The normalized spacial score (nSPS) is 10.3. The predicted octanol–water partition coefficient (Wildman–Crippen LogP) is 1.04. The molecule has 0 bridgehead atoms. The molecule has 0 aliphatic heterocycles. The Kier molecular flexibility index (Phi) is 3.66. The number of aromatic amines is 1. The molecule has 96 valence electrons. The summed E-state index contributed by atoms with van der Waals surface area (Å²) in [6, 6.07) is 1.76. The van der Waals surface area contributed by atoms with E-state index in [-0.39, 0.29) is 6.03 Å². The summed E-state index contributed by atoms with van der Waals surface area (Å²) in [6.07, 6.45) is 4.32. The first-order valence-corrected chi connectivity index (χ1v) is 5.70. The SMILES string of the molecule is CNC(=O)NCCc1c[nH]c2ncc(OC)cc12. The summed E-state index contributed by atoms with van der Waals surface area (Å²) < 4.78 is 5.15. The van der Waals surface area contributed by atoms with Crippen LogP contribution in [0.3, 0.4) is 0 Å². The smallest absolute Gasteiger partial charge is 0.314 e. The van der Waals surface area contributed by atoms with Gasteiger partial charge in [-0.15, -0.1) is 0 Å². The Morgan fingerprint density at radius 2 is 2.39 bits per heavy atom. The van der Waals surface area contributed by atoms with E-state index in [2.05, 4.69) is 20.6 Å². The Bertz CT molecular complexity index is 550. The van der Waals surface area contributed by atoms with E-state index in [1.54, 1.807) is 20.4 Å². The highest BCUT2D eigenvalue weighted by Crippen LogP contribution is 2.21. The fourth-order valence-electron chi connectivity index (χ4n) is 1.76. The maximum atomic E-state index is 11.0. The molecule has 2 aromatic rings. The molecule has 0 aliphatic carbocycles. The third-order valence-electron chi connectivity index (χ3n) is 2.73. The minimum Gasteiger partial charge on any atom is -0.495 e. The number of methoxy groups -OCH3 is 1. The van der Waals surface area contributed by atoms with Gasteiger partial charge in [-0.3, -0.25) is 0 Å². The highest BCUT2D eigenvalue weighted by atomic mass is 16.5. The van der Waals surface area contributed by atoms with E-state index in [0.717, 1.165) is 28.8 Å². The number of urea groups is 1. The number of aromatic nitrogens is 2. The Labute approximate surface area is 105 Å². The van der Waals surface area contributed by atoms with Crippen molar-refractivity contribution in [3.63, 3.8) is 0 Å². The van der Waals surface area contributed by atoms with Crippen LogP contribution in [0.15, 0.2) is 18.5 Å². The van der Waals surface area contributed by atoms with Gasteiger partial charge in [-0.25, -0.2) is 9.78 Å². The molecule has 0 aliphatic rings. The Morgan fingerprint density at radius 1 is 1.56 bits per heavy atom. The topological polar surface area (TPSA) is 79.0 Å². The molecule has 0 atom stereocenters. The van der Waals surface area contributed by atoms with E-state index >= 15 is 0 Å². The second-order valence-electron chi connectivity index (χ2n) is 3.84. The van der Waals surface area contributed by atoms with E-state index in [4.69, 9.17) is 4.74 Å². The Balaban J connectivity index is 2.10. The number of pyridine rings is 1. The van der Waals surface area contributed by atoms with Gasteiger partial charge in [0.2, 0.25) is 0 Å². The molecule has 2 amide bonds. The van der Waals surface area contributed by atoms with Crippen LogP contribution in [0, 0.1) is 0 Å². The van der Waals surface area contributed by atoms with Crippen molar-refractivity contribution in [1.82, 2.24) is 20.6 Å². The molecule has 0 fully saturated rings. The second kappa shape index (κ2) is 5.39. The first-order valence-electron chi connectivity index (χ1n) is 5.70. The maximum absolute atomic E-state index is 11.0. The van der Waals surface area contributed by atoms with E-state index in [1.165, 1.54) is 0 Å². The van der Waals surface area contributed by atoms with E-state index < -0.39 is 0 Å². The number of hydrogen-bond acceptors (Lipinski definition) is 3. The zero-order chi connectivity index (χ0) is 13.0. The van der Waals surface area contributed by atoms with Crippen molar-refractivity contribution in [3.05, 3.63) is 24.0 Å². The summed E-state index contributed by atoms with van der Waals surface area (Å²) in [4.78, 5) is 18.4. The quantitative estimate of drug-likeness (QED) is 0.756. The predicted molar refractivity (Wildman–Crippen MR) is 68.8 cm³/mol. The van der Waals surface area contributed by atoms with Crippen LogP contribution in [0.4, 0.5) is 4.79 Å². The molecule has 6 heteroatoms. The fraction of sp³-hybridized carbons (Fsp3) is 0.333. The summed E-state index contributed by atoms with van der Waals surface area (Å²) in [5.74, 6) is 0.725. The molecule has 2 heterocycles. The summed E-state index contributed by atoms with van der Waals surface area (Å²) in [5, 5.41) is 6.28. The number of hydrogen-bond donors (Lipinski definition) is 3. The molecule has 3 N–H and O–H groups in total. The molecule has 0 spiro atoms. The zero-order valence-corrected chi connectivity index (χ0v) is 10.4. The molecule has 0 radical (unpaired) electrons. The highest BCUT2D eigenvalue weighted by molar-refractivity contribution is 5.81. The molecule has 0 aromatic carbocycles. The van der Waals surface area contributed by atoms with Gasteiger partial charge >= 0.3 is 6.03 Å². The lowest BCUT2D eigenvalue weighted by molar-refractivity contribution is 0.243. The maximum Gasteiger partial charge on any atom is 0.314 e. The van der Waals surface area contributed by atoms with E-state index in [9.17, 15) is 4.79 Å². The van der Waals surface area contributed by atoms with Crippen LogP contribution in [0.5, 0.6) is 5.75 Å². The fourth-order valence-corrected chi connectivity index (χ4v) is 1.76. The van der Waals surface area contributed by atoms with Crippen molar-refractivity contribution in [3.8, 4) is 5.75 Å². The van der Waals surface area contributed by atoms with Gasteiger partial charge in [0.25, 0.3) is 0 Å². The highest BCUT2D eigenvalue weighted by Gasteiger charge is 2.06. The van der Waals surface area contributed by atoms with Crippen molar-refractivity contribution in [1.29, 1.82) is 0 Å². The van der Waals surface area contributed by atoms with Gasteiger partial charge in [0.05, 0.1) is 13.3 Å². The number of fused-ring (bicyclic) bond motifs is 1. The van der Waals surface area contributed by atoms with Gasteiger partial charge in [-0.1, -0.05) is 0 Å². The van der Waals surface area contributed by atoms with Gasteiger partial charge in [-0.2, -0.15) is 0 Å². The van der Waals surface area contributed by atoms with Crippen LogP contribution < -0.4 is 15.4 Å². The lowest BCUT2D eigenvalue weighted by Gasteiger charge is -2.04. The van der Waals surface area contributed by atoms with Gasteiger partial charge in [-0.05, 0) is 18.1 Å². The van der Waals surface area contributed by atoms with Gasteiger partial charge in [0.15, 0.2) is 0 Å². The average molecular weight is 248 g/mol. The summed E-state index contributed by atoms with van der Waals surface area (Å²) in [5.41, 5.74) is 1.93. The lowest BCUT2D eigenvalue weighted by atomic mass is 10.1. The number of carbonyl (C=O) groups excluding carboxylic acids is 1. The number of nitrogens with one attached hydrogen (secondary N) is 3. The summed E-state index contributed by atoms with van der Waals surface area (Å²) in [6.45, 7) is 0.573. The molecular formula is C12H16N4O2. The minimum atomic E-state index is -0.175. The third kappa shape index (κ3) is 2.53. The van der Waals surface area contributed by atoms with Crippen LogP contribution in [-0.4, -0.2) is 36.7 Å². The second-order valence-corrected chi connectivity index (χ2v) is 3.84. The summed E-state index contributed by atoms with van der Waals surface area (Å²) in [7, 11) is 3.21. The summed E-state index contributed by atoms with van der Waals surface area (Å²) >= 11 is 0. The van der Waals surface area contributed by atoms with Crippen molar-refractivity contribution < 1.29 is 9.53 Å². The molecule has 0 saturated carbocycles. The lowest BCUT2D eigenvalue weighted by Crippen LogP contribution is -2.33. The number of nitrogens with zero attached hydrogens (tertiary/aromatic N) is 1. The molecule has 2 aromatic heterocycles. The molecule has 18 heavy (non-hydrogen) atoms. The first-order chi connectivity index (χ1) is 8.74. The average Bonchev–Trinajstić information content (AvgIpc) is 2.81. The molecule has 0 unspecified atom stereocenters. The van der Waals surface area contributed by atoms with Crippen LogP contribution in [0.1, 0.15) is 5.56 Å². The monoisotopic (exact) mass is 248 g/mol. The zero-order valence-electron chi connectivity index (χ0n) is 10.4. The number of H-pyrrole nitrogens is 1. The van der Waals surface area contributed by atoms with Crippen LogP contribution in [-0.2, 0) is 6.42 Å². The molecule has 0 saturated heterocycles. The number of amides is 2. The standard InChI is InChI=1S/C12H16N4O2/c1-13-12(17)14-4-3-8-6-15-11-10(8)5-9(18-2)7-16-11/h5-7H,3-4H2,1-2H3,(H,15,16)(H2,13,14,17). The van der Waals surface area contributed by atoms with Gasteiger partial charge in [0, 0.05) is 25.2 Å². The van der Waals surface area contributed by atoms with Crippen molar-refractivity contribution in [2.24, 2.45) is 0 Å². The number of ether oxygens (including phenoxy) is 1. The van der Waals surface area contributed by atoms with Crippen molar-refractivity contribution >= 4 is 17.1 Å². The molecule has 2 rings (SSSR count). The van der Waals surface area contributed by atoms with Crippen molar-refractivity contribution in [2.45, 2.75) is 6.42 Å². The third-order valence-corrected chi connectivity index (χ3v) is 2.73. The number of rotatable bonds is 4. The largest absolute Gasteiger partial charge is 0.495 e. The van der Waals surface area contributed by atoms with Gasteiger partial charge < -0.3 is 20.4 Å².